The van der Waals surface area contributed by atoms with Crippen molar-refractivity contribution in [1.82, 2.24) is 5.43 Å². The van der Waals surface area contributed by atoms with Crippen LogP contribution in [-0.2, 0) is 6.42 Å². The van der Waals surface area contributed by atoms with Crippen LogP contribution in [0.25, 0.3) is 0 Å². The number of hydrogen-bond acceptors (Lipinski definition) is 3. The van der Waals surface area contributed by atoms with Gasteiger partial charge in [-0.2, -0.15) is 0 Å². The number of benzene rings is 1. The lowest BCUT2D eigenvalue weighted by molar-refractivity contribution is 0.184. The quantitative estimate of drug-likeness (QED) is 0.622. The molecule has 1 aliphatic rings. The molecule has 1 atom stereocenters. The van der Waals surface area contributed by atoms with E-state index >= 15 is 0 Å². The fourth-order valence-corrected chi connectivity index (χ4v) is 3.80. The van der Waals surface area contributed by atoms with Gasteiger partial charge in [0.25, 0.3) is 0 Å². The highest BCUT2D eigenvalue weighted by atomic mass is 35.5. The first-order valence-corrected chi connectivity index (χ1v) is 7.81. The summed E-state index contributed by atoms with van der Waals surface area (Å²) in [6.07, 6.45) is 7.12. The Morgan fingerprint density at radius 3 is 2.65 bits per heavy atom. The number of ether oxygens (including phenoxy) is 1. The van der Waals surface area contributed by atoms with E-state index in [2.05, 4.69) is 12.3 Å². The number of nitrogens with one attached hydrogen (secondary N) is 1. The molecule has 0 saturated heterocycles. The topological polar surface area (TPSA) is 47.3 Å². The van der Waals surface area contributed by atoms with Gasteiger partial charge in [-0.3, -0.25) is 11.3 Å². The highest BCUT2D eigenvalue weighted by Crippen LogP contribution is 2.45. The van der Waals surface area contributed by atoms with Gasteiger partial charge in [0, 0.05) is 11.1 Å². The van der Waals surface area contributed by atoms with Crippen molar-refractivity contribution in [2.75, 3.05) is 7.11 Å². The monoisotopic (exact) mass is 296 g/mol. The number of hydrogen-bond donors (Lipinski definition) is 2. The lowest BCUT2D eigenvalue weighted by Crippen LogP contribution is -2.48. The van der Waals surface area contributed by atoms with Crippen LogP contribution in [0.3, 0.4) is 0 Å². The van der Waals surface area contributed by atoms with Gasteiger partial charge in [0.05, 0.1) is 7.11 Å². The van der Waals surface area contributed by atoms with Crippen molar-refractivity contribution in [2.24, 2.45) is 11.3 Å². The molecule has 1 aromatic rings. The van der Waals surface area contributed by atoms with Crippen LogP contribution < -0.4 is 16.0 Å². The molecule has 0 bridgehead atoms. The lowest BCUT2D eigenvalue weighted by Gasteiger charge is -2.37. The van der Waals surface area contributed by atoms with Crippen molar-refractivity contribution in [3.63, 3.8) is 0 Å². The predicted octanol–water partition coefficient (Wildman–Crippen LogP) is 3.69. The van der Waals surface area contributed by atoms with Gasteiger partial charge in [-0.05, 0) is 54.9 Å². The van der Waals surface area contributed by atoms with Gasteiger partial charge in [-0.25, -0.2) is 0 Å². The highest BCUT2D eigenvalue weighted by molar-refractivity contribution is 6.30. The molecule has 112 valence electrons. The van der Waals surface area contributed by atoms with Crippen molar-refractivity contribution < 1.29 is 4.74 Å². The molecule has 4 heteroatoms. The van der Waals surface area contributed by atoms with E-state index in [0.717, 1.165) is 29.2 Å². The Kier molecular flexibility index (Phi) is 5.30. The average Bonchev–Trinajstić information content (AvgIpc) is 2.95. The van der Waals surface area contributed by atoms with Gasteiger partial charge < -0.3 is 4.74 Å². The normalized spacial score (nSPS) is 19.0. The van der Waals surface area contributed by atoms with E-state index in [1.165, 1.54) is 25.7 Å². The molecule has 1 unspecified atom stereocenters. The second kappa shape index (κ2) is 6.79. The summed E-state index contributed by atoms with van der Waals surface area (Å²) in [5.41, 5.74) is 4.49. The Bertz CT molecular complexity index is 444. The summed E-state index contributed by atoms with van der Waals surface area (Å²) in [5, 5.41) is 0.744. The van der Waals surface area contributed by atoms with E-state index in [-0.39, 0.29) is 6.04 Å². The van der Waals surface area contributed by atoms with Crippen molar-refractivity contribution in [3.8, 4) is 5.75 Å². The Hall–Kier alpha value is -0.770. The molecular weight excluding hydrogens is 272 g/mol. The Morgan fingerprint density at radius 1 is 1.40 bits per heavy atom. The van der Waals surface area contributed by atoms with E-state index in [1.54, 1.807) is 7.11 Å². The third-order valence-corrected chi connectivity index (χ3v) is 5.15. The molecule has 0 spiro atoms. The molecule has 1 aromatic carbocycles. The fraction of sp³-hybridized carbons (Fsp3) is 0.625. The van der Waals surface area contributed by atoms with E-state index in [1.807, 2.05) is 18.2 Å². The zero-order valence-corrected chi connectivity index (χ0v) is 13.2. The van der Waals surface area contributed by atoms with Crippen LogP contribution in [-0.4, -0.2) is 13.2 Å². The van der Waals surface area contributed by atoms with Crippen molar-refractivity contribution in [2.45, 2.75) is 51.5 Å². The summed E-state index contributed by atoms with van der Waals surface area (Å²) in [7, 11) is 1.70. The van der Waals surface area contributed by atoms with Crippen LogP contribution in [0.2, 0.25) is 5.02 Å². The third kappa shape index (κ3) is 3.11. The van der Waals surface area contributed by atoms with Gasteiger partial charge in [0.2, 0.25) is 0 Å². The fourth-order valence-electron chi connectivity index (χ4n) is 3.61. The van der Waals surface area contributed by atoms with Crippen LogP contribution >= 0.6 is 11.6 Å². The molecule has 3 nitrogen and oxygen atoms in total. The molecule has 3 N–H and O–H groups in total. The van der Waals surface area contributed by atoms with E-state index in [4.69, 9.17) is 22.2 Å². The lowest BCUT2D eigenvalue weighted by atomic mass is 9.74. The second-order valence-corrected chi connectivity index (χ2v) is 6.24. The van der Waals surface area contributed by atoms with Gasteiger partial charge in [0.15, 0.2) is 0 Å². The summed E-state index contributed by atoms with van der Waals surface area (Å²) >= 11 is 6.12. The number of hydrazine groups is 1. The van der Waals surface area contributed by atoms with Crippen LogP contribution in [0.5, 0.6) is 5.75 Å². The molecule has 0 aliphatic heterocycles. The summed E-state index contributed by atoms with van der Waals surface area (Å²) in [6, 6.07) is 6.05. The van der Waals surface area contributed by atoms with Crippen LogP contribution in [0, 0.1) is 5.41 Å². The molecule has 0 heterocycles. The summed E-state index contributed by atoms with van der Waals surface area (Å²) in [5.74, 6) is 6.75. The number of rotatable bonds is 6. The Labute approximate surface area is 126 Å². The first kappa shape index (κ1) is 15.6. The zero-order valence-electron chi connectivity index (χ0n) is 12.4. The van der Waals surface area contributed by atoms with E-state index in [9.17, 15) is 0 Å². The SMILES string of the molecule is CCC1(C(Cc2cc(Cl)ccc2OC)NN)CCCC1. The van der Waals surface area contributed by atoms with Gasteiger partial charge >= 0.3 is 0 Å². The first-order chi connectivity index (χ1) is 9.65. The van der Waals surface area contributed by atoms with E-state index < -0.39 is 0 Å². The maximum Gasteiger partial charge on any atom is 0.122 e. The smallest absolute Gasteiger partial charge is 0.122 e. The van der Waals surface area contributed by atoms with E-state index in [0.29, 0.717) is 5.41 Å². The molecule has 0 amide bonds. The van der Waals surface area contributed by atoms with Gasteiger partial charge in [-0.15, -0.1) is 0 Å². The molecule has 2 rings (SSSR count). The van der Waals surface area contributed by atoms with Gasteiger partial charge in [-0.1, -0.05) is 31.4 Å². The summed E-state index contributed by atoms with van der Waals surface area (Å²) in [4.78, 5) is 0. The first-order valence-electron chi connectivity index (χ1n) is 7.43. The highest BCUT2D eigenvalue weighted by Gasteiger charge is 2.39. The molecule has 20 heavy (non-hydrogen) atoms. The summed E-state index contributed by atoms with van der Waals surface area (Å²) < 4.78 is 5.45. The number of nitrogens with two attached hydrogens (primary N) is 1. The molecule has 0 radical (unpaired) electrons. The molecular formula is C16H25ClN2O. The molecule has 0 aromatic heterocycles. The molecule has 1 fully saturated rings. The second-order valence-electron chi connectivity index (χ2n) is 5.80. The van der Waals surface area contributed by atoms with Crippen LogP contribution in [0.4, 0.5) is 0 Å². The Balaban J connectivity index is 2.23. The van der Waals surface area contributed by atoms with Crippen LogP contribution in [0.1, 0.15) is 44.6 Å². The third-order valence-electron chi connectivity index (χ3n) is 4.91. The zero-order chi connectivity index (χ0) is 14.6. The van der Waals surface area contributed by atoms with Crippen molar-refractivity contribution >= 4 is 11.6 Å². The molecule has 1 aliphatic carbocycles. The van der Waals surface area contributed by atoms with Crippen molar-refractivity contribution in [1.29, 1.82) is 0 Å². The standard InChI is InChI=1S/C16H25ClN2O/c1-3-16(8-4-5-9-16)15(19-18)11-12-10-13(17)6-7-14(12)20-2/h6-7,10,15,19H,3-5,8-9,11,18H2,1-2H3. The minimum absolute atomic E-state index is 0.266. The minimum Gasteiger partial charge on any atom is -0.496 e. The number of methoxy groups -OCH3 is 1. The minimum atomic E-state index is 0.266. The van der Waals surface area contributed by atoms with Crippen LogP contribution in [0.15, 0.2) is 18.2 Å². The Morgan fingerprint density at radius 2 is 2.10 bits per heavy atom. The van der Waals surface area contributed by atoms with Gasteiger partial charge in [0.1, 0.15) is 5.75 Å². The molecule has 1 saturated carbocycles. The maximum atomic E-state index is 6.12. The largest absolute Gasteiger partial charge is 0.496 e. The summed E-state index contributed by atoms with van der Waals surface area (Å²) in [6.45, 7) is 2.27. The maximum absolute atomic E-state index is 6.12. The average molecular weight is 297 g/mol. The predicted molar refractivity (Wildman–Crippen MR) is 84.0 cm³/mol. The number of halogens is 1. The van der Waals surface area contributed by atoms with Crippen molar-refractivity contribution in [3.05, 3.63) is 28.8 Å².